The molecule has 1 aromatic carbocycles. The molecule has 2 amide bonds. The molecule has 1 aromatic heterocycles. The minimum Gasteiger partial charge on any atom is -0.457 e. The number of cyclic esters (lactones) is 1. The predicted molar refractivity (Wildman–Crippen MR) is 92.7 cm³/mol. The van der Waals surface area contributed by atoms with Crippen LogP contribution in [0.3, 0.4) is 0 Å². The Morgan fingerprint density at radius 2 is 2.31 bits per heavy atom. The molecule has 0 radical (unpaired) electrons. The molecule has 2 aliphatic heterocycles. The molecule has 2 aromatic rings. The van der Waals surface area contributed by atoms with E-state index in [1.54, 1.807) is 29.3 Å². The van der Waals surface area contributed by atoms with Gasteiger partial charge in [0.1, 0.15) is 6.61 Å². The van der Waals surface area contributed by atoms with Crippen LogP contribution in [-0.4, -0.2) is 52.5 Å². The van der Waals surface area contributed by atoms with E-state index in [2.05, 4.69) is 10.4 Å². The van der Waals surface area contributed by atoms with Gasteiger partial charge >= 0.3 is 12.0 Å². The molecule has 136 valence electrons. The van der Waals surface area contributed by atoms with Gasteiger partial charge in [0.15, 0.2) is 0 Å². The van der Waals surface area contributed by atoms with Crippen LogP contribution in [0, 0.1) is 0 Å². The van der Waals surface area contributed by atoms with Crippen molar-refractivity contribution in [1.82, 2.24) is 14.7 Å². The minimum absolute atomic E-state index is 0.103. The zero-order valence-corrected chi connectivity index (χ0v) is 14.3. The highest BCUT2D eigenvalue weighted by Gasteiger charge is 2.25. The molecule has 0 saturated carbocycles. The summed E-state index contributed by atoms with van der Waals surface area (Å²) in [6.45, 7) is 2.61. The van der Waals surface area contributed by atoms with E-state index in [0.717, 1.165) is 12.0 Å². The monoisotopic (exact) mass is 356 g/mol. The van der Waals surface area contributed by atoms with Gasteiger partial charge in [-0.25, -0.2) is 9.59 Å². The SMILES string of the molecule is O=C1OCc2cc(NC(=O)N3CCCO[C@H](Cn4cccn4)C3)ccc21. The first-order valence-electron chi connectivity index (χ1n) is 8.64. The van der Waals surface area contributed by atoms with Crippen LogP contribution < -0.4 is 5.32 Å². The number of nitrogens with zero attached hydrogens (tertiary/aromatic N) is 3. The van der Waals surface area contributed by atoms with Crippen LogP contribution >= 0.6 is 0 Å². The number of esters is 1. The molecular formula is C18H20N4O4. The van der Waals surface area contributed by atoms with E-state index in [4.69, 9.17) is 9.47 Å². The zero-order valence-electron chi connectivity index (χ0n) is 14.3. The van der Waals surface area contributed by atoms with Crippen molar-refractivity contribution in [1.29, 1.82) is 0 Å². The van der Waals surface area contributed by atoms with Gasteiger partial charge in [-0.2, -0.15) is 5.10 Å². The summed E-state index contributed by atoms with van der Waals surface area (Å²) >= 11 is 0. The van der Waals surface area contributed by atoms with E-state index in [1.165, 1.54) is 0 Å². The van der Waals surface area contributed by atoms with E-state index >= 15 is 0 Å². The summed E-state index contributed by atoms with van der Waals surface area (Å²) in [6, 6.07) is 6.88. The average molecular weight is 356 g/mol. The number of nitrogens with one attached hydrogen (secondary N) is 1. The van der Waals surface area contributed by atoms with Crippen molar-refractivity contribution < 1.29 is 19.1 Å². The predicted octanol–water partition coefficient (Wildman–Crippen LogP) is 1.88. The van der Waals surface area contributed by atoms with Crippen molar-refractivity contribution in [3.8, 4) is 0 Å². The van der Waals surface area contributed by atoms with Crippen LogP contribution in [0.25, 0.3) is 0 Å². The van der Waals surface area contributed by atoms with E-state index < -0.39 is 0 Å². The highest BCUT2D eigenvalue weighted by atomic mass is 16.5. The van der Waals surface area contributed by atoms with Crippen LogP contribution in [0.1, 0.15) is 22.3 Å². The third-order valence-electron chi connectivity index (χ3n) is 4.52. The largest absolute Gasteiger partial charge is 0.457 e. The Bertz CT molecular complexity index is 806. The molecule has 1 atom stereocenters. The fourth-order valence-electron chi connectivity index (χ4n) is 3.22. The molecule has 4 rings (SSSR count). The smallest absolute Gasteiger partial charge is 0.338 e. The molecular weight excluding hydrogens is 336 g/mol. The number of carbonyl (C=O) groups excluding carboxylic acids is 2. The summed E-state index contributed by atoms with van der Waals surface area (Å²) in [6.07, 6.45) is 4.29. The van der Waals surface area contributed by atoms with E-state index in [-0.39, 0.29) is 24.7 Å². The molecule has 26 heavy (non-hydrogen) atoms. The van der Waals surface area contributed by atoms with Gasteiger partial charge in [-0.3, -0.25) is 4.68 Å². The zero-order chi connectivity index (χ0) is 17.9. The van der Waals surface area contributed by atoms with Gasteiger partial charge in [0, 0.05) is 36.8 Å². The average Bonchev–Trinajstić information content (AvgIpc) is 3.20. The summed E-state index contributed by atoms with van der Waals surface area (Å²) in [5, 5.41) is 7.10. The summed E-state index contributed by atoms with van der Waals surface area (Å²) < 4.78 is 12.6. The first-order valence-corrected chi connectivity index (χ1v) is 8.64. The van der Waals surface area contributed by atoms with Crippen molar-refractivity contribution in [3.63, 3.8) is 0 Å². The Hall–Kier alpha value is -2.87. The molecule has 0 unspecified atom stereocenters. The van der Waals surface area contributed by atoms with Crippen molar-refractivity contribution in [3.05, 3.63) is 47.8 Å². The Balaban J connectivity index is 1.41. The highest BCUT2D eigenvalue weighted by molar-refractivity contribution is 5.95. The summed E-state index contributed by atoms with van der Waals surface area (Å²) in [4.78, 5) is 25.9. The Kier molecular flexibility index (Phi) is 4.57. The maximum atomic E-state index is 12.7. The quantitative estimate of drug-likeness (QED) is 0.849. The molecule has 1 fully saturated rings. The van der Waals surface area contributed by atoms with Crippen LogP contribution in [0.2, 0.25) is 0 Å². The highest BCUT2D eigenvalue weighted by Crippen LogP contribution is 2.23. The number of aromatic nitrogens is 2. The molecule has 1 saturated heterocycles. The van der Waals surface area contributed by atoms with E-state index in [1.807, 2.05) is 16.9 Å². The topological polar surface area (TPSA) is 85.7 Å². The maximum Gasteiger partial charge on any atom is 0.338 e. The molecule has 1 N–H and O–H groups in total. The van der Waals surface area contributed by atoms with Crippen molar-refractivity contribution in [2.75, 3.05) is 25.0 Å². The van der Waals surface area contributed by atoms with Crippen molar-refractivity contribution >= 4 is 17.7 Å². The van der Waals surface area contributed by atoms with Gasteiger partial charge in [-0.05, 0) is 30.7 Å². The van der Waals surface area contributed by atoms with Gasteiger partial charge in [0.05, 0.1) is 24.8 Å². The maximum absolute atomic E-state index is 12.7. The summed E-state index contributed by atoms with van der Waals surface area (Å²) in [5.41, 5.74) is 2.01. The van der Waals surface area contributed by atoms with Gasteiger partial charge in [0.25, 0.3) is 0 Å². The van der Waals surface area contributed by atoms with Crippen LogP contribution in [0.5, 0.6) is 0 Å². The third kappa shape index (κ3) is 3.55. The number of anilines is 1. The number of benzene rings is 1. The lowest BCUT2D eigenvalue weighted by Gasteiger charge is -2.24. The molecule has 0 bridgehead atoms. The van der Waals surface area contributed by atoms with Crippen LogP contribution in [-0.2, 0) is 22.6 Å². The number of hydrogen-bond acceptors (Lipinski definition) is 5. The Labute approximate surface area is 150 Å². The minimum atomic E-state index is -0.316. The summed E-state index contributed by atoms with van der Waals surface area (Å²) in [5.74, 6) is -0.316. The molecule has 3 heterocycles. The van der Waals surface area contributed by atoms with Gasteiger partial charge < -0.3 is 19.7 Å². The summed E-state index contributed by atoms with van der Waals surface area (Å²) in [7, 11) is 0. The molecule has 2 aliphatic rings. The molecule has 8 nitrogen and oxygen atoms in total. The van der Waals surface area contributed by atoms with Gasteiger partial charge in [-0.1, -0.05) is 0 Å². The number of ether oxygens (including phenoxy) is 2. The van der Waals surface area contributed by atoms with E-state index in [9.17, 15) is 9.59 Å². The fraction of sp³-hybridized carbons (Fsp3) is 0.389. The first-order chi connectivity index (χ1) is 12.7. The number of carbonyl (C=O) groups is 2. The number of hydrogen-bond donors (Lipinski definition) is 1. The molecule has 8 heteroatoms. The third-order valence-corrected chi connectivity index (χ3v) is 4.52. The van der Waals surface area contributed by atoms with Crippen LogP contribution in [0.15, 0.2) is 36.7 Å². The van der Waals surface area contributed by atoms with Crippen molar-refractivity contribution in [2.45, 2.75) is 25.7 Å². The fourth-order valence-corrected chi connectivity index (χ4v) is 3.22. The lowest BCUT2D eigenvalue weighted by molar-refractivity contribution is 0.0442. The second kappa shape index (κ2) is 7.17. The second-order valence-electron chi connectivity index (χ2n) is 6.40. The number of urea groups is 1. The Morgan fingerprint density at radius 1 is 1.38 bits per heavy atom. The van der Waals surface area contributed by atoms with Gasteiger partial charge in [0.2, 0.25) is 0 Å². The molecule has 0 aliphatic carbocycles. The Morgan fingerprint density at radius 3 is 3.15 bits per heavy atom. The van der Waals surface area contributed by atoms with Crippen molar-refractivity contribution in [2.24, 2.45) is 0 Å². The number of fused-ring (bicyclic) bond motifs is 1. The number of rotatable bonds is 3. The lowest BCUT2D eigenvalue weighted by atomic mass is 10.1. The van der Waals surface area contributed by atoms with Gasteiger partial charge in [-0.15, -0.1) is 0 Å². The standard InChI is InChI=1S/C18H20N4O4/c23-17-16-4-3-14(9-13(16)12-26-17)20-18(24)21-6-2-8-25-15(10-21)11-22-7-1-5-19-22/h1,3-5,7,9,15H,2,6,8,10-12H2,(H,20,24)/t15-/m0/s1. The second-order valence-corrected chi connectivity index (χ2v) is 6.40. The first kappa shape index (κ1) is 16.6. The molecule has 0 spiro atoms. The normalized spacial score (nSPS) is 19.6. The lowest BCUT2D eigenvalue weighted by Crippen LogP contribution is -2.41. The van der Waals surface area contributed by atoms with Crippen LogP contribution in [0.4, 0.5) is 10.5 Å². The van der Waals surface area contributed by atoms with E-state index in [0.29, 0.717) is 37.5 Å². The number of amides is 2.